The highest BCUT2D eigenvalue weighted by Gasteiger charge is 2.28. The SMILES string of the molecule is C.C=C1CN(CCN2CC(=C)C(CCF)C2)CC1CF. The third-order valence-corrected chi connectivity index (χ3v) is 4.34. The van der Waals surface area contributed by atoms with Crippen LogP contribution < -0.4 is 0 Å². The van der Waals surface area contributed by atoms with Gasteiger partial charge in [-0.15, -0.1) is 0 Å². The van der Waals surface area contributed by atoms with Gasteiger partial charge < -0.3 is 0 Å². The van der Waals surface area contributed by atoms with Gasteiger partial charge in [0.15, 0.2) is 0 Å². The van der Waals surface area contributed by atoms with Gasteiger partial charge in [0.1, 0.15) is 0 Å². The molecule has 0 bridgehead atoms. The first-order valence-corrected chi connectivity index (χ1v) is 7.06. The lowest BCUT2D eigenvalue weighted by Crippen LogP contribution is -2.33. The van der Waals surface area contributed by atoms with Crippen LogP contribution in [0.2, 0.25) is 0 Å². The van der Waals surface area contributed by atoms with Crippen molar-refractivity contribution in [1.82, 2.24) is 9.80 Å². The molecule has 2 nitrogen and oxygen atoms in total. The quantitative estimate of drug-likeness (QED) is 0.693. The van der Waals surface area contributed by atoms with Gasteiger partial charge in [-0.3, -0.25) is 18.6 Å². The summed E-state index contributed by atoms with van der Waals surface area (Å²) in [6.07, 6.45) is 0.597. The van der Waals surface area contributed by atoms with Crippen molar-refractivity contribution in [2.75, 3.05) is 52.6 Å². The molecule has 2 aliphatic rings. The second kappa shape index (κ2) is 7.89. The Morgan fingerprint density at radius 1 is 0.950 bits per heavy atom. The second-order valence-electron chi connectivity index (χ2n) is 5.81. The molecule has 2 saturated heterocycles. The van der Waals surface area contributed by atoms with Crippen LogP contribution in [0.5, 0.6) is 0 Å². The maximum atomic E-state index is 12.7. The van der Waals surface area contributed by atoms with E-state index in [1.807, 2.05) is 0 Å². The van der Waals surface area contributed by atoms with Crippen LogP contribution in [0.1, 0.15) is 13.8 Å². The number of likely N-dealkylation sites (tertiary alicyclic amines) is 2. The number of halogens is 2. The van der Waals surface area contributed by atoms with Gasteiger partial charge in [0.05, 0.1) is 13.3 Å². The molecule has 0 spiro atoms. The van der Waals surface area contributed by atoms with Crippen molar-refractivity contribution in [3.05, 3.63) is 24.3 Å². The molecule has 0 aliphatic carbocycles. The molecule has 2 heterocycles. The van der Waals surface area contributed by atoms with Gasteiger partial charge in [-0.1, -0.05) is 31.7 Å². The van der Waals surface area contributed by atoms with Gasteiger partial charge in [-0.25, -0.2) is 0 Å². The minimum absolute atomic E-state index is 0. The fourth-order valence-electron chi connectivity index (χ4n) is 3.05. The zero-order valence-corrected chi connectivity index (χ0v) is 11.6. The van der Waals surface area contributed by atoms with E-state index in [-0.39, 0.29) is 26.7 Å². The third-order valence-electron chi connectivity index (χ3n) is 4.34. The van der Waals surface area contributed by atoms with Crippen LogP contribution in [0, 0.1) is 11.8 Å². The monoisotopic (exact) mass is 286 g/mol. The molecule has 4 heteroatoms. The van der Waals surface area contributed by atoms with E-state index in [1.165, 1.54) is 0 Å². The summed E-state index contributed by atoms with van der Waals surface area (Å²) in [6.45, 7) is 12.7. The first-order valence-electron chi connectivity index (χ1n) is 7.06. The minimum Gasteiger partial charge on any atom is -0.298 e. The predicted octanol–water partition coefficient (Wildman–Crippen LogP) is 2.93. The van der Waals surface area contributed by atoms with E-state index < -0.39 is 0 Å². The number of alkyl halides is 2. The van der Waals surface area contributed by atoms with Crippen LogP contribution in [0.4, 0.5) is 8.78 Å². The van der Waals surface area contributed by atoms with Gasteiger partial charge >= 0.3 is 0 Å². The van der Waals surface area contributed by atoms with Crippen LogP contribution >= 0.6 is 0 Å². The standard InChI is InChI=1S/C15H24F2N2.CH4/c1-12-8-18(10-14(12)3-4-16)5-6-19-9-13(2)15(7-17)11-19;/h14-15H,1-11H2;1H4. The van der Waals surface area contributed by atoms with Crippen molar-refractivity contribution in [1.29, 1.82) is 0 Å². The Morgan fingerprint density at radius 3 is 1.90 bits per heavy atom. The fourth-order valence-corrected chi connectivity index (χ4v) is 3.05. The molecule has 2 atom stereocenters. The smallest absolute Gasteiger partial charge is 0.0972 e. The van der Waals surface area contributed by atoms with E-state index in [4.69, 9.17) is 0 Å². The van der Waals surface area contributed by atoms with Crippen molar-refractivity contribution in [2.24, 2.45) is 11.8 Å². The Kier molecular flexibility index (Phi) is 6.83. The van der Waals surface area contributed by atoms with Crippen molar-refractivity contribution in [2.45, 2.75) is 13.8 Å². The van der Waals surface area contributed by atoms with Crippen molar-refractivity contribution >= 4 is 0 Å². The molecule has 0 aromatic rings. The van der Waals surface area contributed by atoms with E-state index in [1.54, 1.807) is 0 Å². The molecule has 2 fully saturated rings. The lowest BCUT2D eigenvalue weighted by atomic mass is 10.0. The maximum absolute atomic E-state index is 12.7. The fraction of sp³-hybridized carbons (Fsp3) is 0.750. The van der Waals surface area contributed by atoms with E-state index in [0.29, 0.717) is 12.3 Å². The third kappa shape index (κ3) is 4.13. The van der Waals surface area contributed by atoms with Crippen molar-refractivity contribution in [3.8, 4) is 0 Å². The Hall–Kier alpha value is -0.740. The van der Waals surface area contributed by atoms with Gasteiger partial charge in [-0.05, 0) is 12.3 Å². The maximum Gasteiger partial charge on any atom is 0.0972 e. The van der Waals surface area contributed by atoms with E-state index in [0.717, 1.165) is 50.4 Å². The molecule has 2 unspecified atom stereocenters. The molecular weight excluding hydrogens is 258 g/mol. The van der Waals surface area contributed by atoms with Crippen LogP contribution in [-0.4, -0.2) is 62.4 Å². The van der Waals surface area contributed by atoms with Crippen molar-refractivity contribution < 1.29 is 8.78 Å². The summed E-state index contributed by atoms with van der Waals surface area (Å²) >= 11 is 0. The summed E-state index contributed by atoms with van der Waals surface area (Å²) in [7, 11) is 0. The molecule has 0 radical (unpaired) electrons. The van der Waals surface area contributed by atoms with Gasteiger partial charge in [0.2, 0.25) is 0 Å². The molecular formula is C16H28F2N2. The Balaban J connectivity index is 0.00000200. The molecule has 0 N–H and O–H groups in total. The van der Waals surface area contributed by atoms with Gasteiger partial charge in [-0.2, -0.15) is 0 Å². The average molecular weight is 286 g/mol. The Bertz CT molecular complexity index is 343. The molecule has 0 amide bonds. The number of rotatable bonds is 6. The number of hydrogen-bond acceptors (Lipinski definition) is 2. The Labute approximate surface area is 122 Å². The first-order chi connectivity index (χ1) is 9.13. The lowest BCUT2D eigenvalue weighted by Gasteiger charge is -2.20. The molecule has 20 heavy (non-hydrogen) atoms. The van der Waals surface area contributed by atoms with Gasteiger partial charge in [0, 0.05) is 45.2 Å². The van der Waals surface area contributed by atoms with Gasteiger partial charge in [0.25, 0.3) is 0 Å². The topological polar surface area (TPSA) is 6.48 Å². The highest BCUT2D eigenvalue weighted by Crippen LogP contribution is 2.25. The summed E-state index contributed by atoms with van der Waals surface area (Å²) in [5.74, 6) is 0.338. The molecule has 2 aliphatic heterocycles. The highest BCUT2D eigenvalue weighted by molar-refractivity contribution is 5.11. The lowest BCUT2D eigenvalue weighted by molar-refractivity contribution is 0.240. The van der Waals surface area contributed by atoms with Crippen LogP contribution in [0.3, 0.4) is 0 Å². The van der Waals surface area contributed by atoms with E-state index >= 15 is 0 Å². The normalized spacial score (nSPS) is 28.1. The average Bonchev–Trinajstić information content (AvgIpc) is 2.91. The summed E-state index contributed by atoms with van der Waals surface area (Å²) in [5, 5.41) is 0. The molecule has 2 rings (SSSR count). The largest absolute Gasteiger partial charge is 0.298 e. The van der Waals surface area contributed by atoms with Crippen LogP contribution in [0.25, 0.3) is 0 Å². The minimum atomic E-state index is -0.297. The highest BCUT2D eigenvalue weighted by atomic mass is 19.1. The zero-order chi connectivity index (χ0) is 13.8. The van der Waals surface area contributed by atoms with Crippen LogP contribution in [-0.2, 0) is 0 Å². The summed E-state index contributed by atoms with van der Waals surface area (Å²) in [4.78, 5) is 4.59. The number of hydrogen-bond donors (Lipinski definition) is 0. The zero-order valence-electron chi connectivity index (χ0n) is 11.6. The predicted molar refractivity (Wildman–Crippen MR) is 81.4 cm³/mol. The van der Waals surface area contributed by atoms with E-state index in [9.17, 15) is 8.78 Å². The van der Waals surface area contributed by atoms with Crippen LogP contribution in [0.15, 0.2) is 24.3 Å². The Morgan fingerprint density at radius 2 is 1.45 bits per heavy atom. The summed E-state index contributed by atoms with van der Waals surface area (Å²) in [5.41, 5.74) is 2.17. The molecule has 0 aromatic carbocycles. The number of nitrogens with zero attached hydrogens (tertiary/aromatic N) is 2. The van der Waals surface area contributed by atoms with Crippen molar-refractivity contribution in [3.63, 3.8) is 0 Å². The summed E-state index contributed by atoms with van der Waals surface area (Å²) in [6, 6.07) is 0. The summed E-state index contributed by atoms with van der Waals surface area (Å²) < 4.78 is 25.1. The molecule has 0 aromatic heterocycles. The molecule has 116 valence electrons. The second-order valence-corrected chi connectivity index (χ2v) is 5.81. The first kappa shape index (κ1) is 17.3. The van der Waals surface area contributed by atoms with E-state index in [2.05, 4.69) is 23.0 Å². The molecule has 0 saturated carbocycles.